The number of aromatic amines is 1. The molecule has 0 aliphatic heterocycles. The number of aryl methyl sites for hydroxylation is 2. The number of aromatic nitrogens is 2. The summed E-state index contributed by atoms with van der Waals surface area (Å²) >= 11 is 0. The second-order valence-electron chi connectivity index (χ2n) is 9.34. The molecule has 0 radical (unpaired) electrons. The van der Waals surface area contributed by atoms with Gasteiger partial charge in [0.2, 0.25) is 0 Å². The summed E-state index contributed by atoms with van der Waals surface area (Å²) in [6.45, 7) is 0. The van der Waals surface area contributed by atoms with E-state index in [4.69, 9.17) is 4.74 Å². The molecule has 0 atom stereocenters. The van der Waals surface area contributed by atoms with Gasteiger partial charge in [-0.3, -0.25) is 9.89 Å². The van der Waals surface area contributed by atoms with Gasteiger partial charge in [0, 0.05) is 18.2 Å². The third kappa shape index (κ3) is 4.79. The van der Waals surface area contributed by atoms with E-state index < -0.39 is 0 Å². The van der Waals surface area contributed by atoms with E-state index in [1.165, 1.54) is 56.1 Å². The standard InChI is InChI=1S/C28H32N2O2/c31-27(16-20-11-12-21-7-3-1-4-8-22(21)15-20)26-14-13-23(24-18-29-30-19-24)17-28(26)32-25-9-5-2-6-10-25/h11-15,17-19,25H,1-10,16H2,(H,29,30). The van der Waals surface area contributed by atoms with Crippen LogP contribution in [-0.2, 0) is 19.3 Å². The van der Waals surface area contributed by atoms with Crippen LogP contribution in [0.3, 0.4) is 0 Å². The van der Waals surface area contributed by atoms with Crippen LogP contribution in [0.5, 0.6) is 5.75 Å². The molecule has 0 amide bonds. The van der Waals surface area contributed by atoms with Crippen LogP contribution in [0, 0.1) is 0 Å². The number of carbonyl (C=O) groups is 1. The summed E-state index contributed by atoms with van der Waals surface area (Å²) in [4.78, 5) is 13.4. The number of carbonyl (C=O) groups excluding carboxylic acids is 1. The molecule has 1 heterocycles. The Bertz CT molecular complexity index is 1070. The van der Waals surface area contributed by atoms with Crippen LogP contribution in [-0.4, -0.2) is 22.1 Å². The first-order valence-corrected chi connectivity index (χ1v) is 12.2. The maximum absolute atomic E-state index is 13.4. The highest BCUT2D eigenvalue weighted by molar-refractivity contribution is 6.00. The Morgan fingerprint density at radius 2 is 1.72 bits per heavy atom. The molecule has 4 nitrogen and oxygen atoms in total. The van der Waals surface area contributed by atoms with Crippen LogP contribution < -0.4 is 4.74 Å². The molecule has 2 aromatic carbocycles. The highest BCUT2D eigenvalue weighted by Gasteiger charge is 2.21. The van der Waals surface area contributed by atoms with E-state index in [-0.39, 0.29) is 11.9 Å². The van der Waals surface area contributed by atoms with Gasteiger partial charge in [0.25, 0.3) is 0 Å². The van der Waals surface area contributed by atoms with Crippen molar-refractivity contribution in [2.45, 2.75) is 76.7 Å². The van der Waals surface area contributed by atoms with Gasteiger partial charge < -0.3 is 4.74 Å². The van der Waals surface area contributed by atoms with Gasteiger partial charge in [-0.15, -0.1) is 0 Å². The topological polar surface area (TPSA) is 55.0 Å². The first kappa shape index (κ1) is 21.0. The van der Waals surface area contributed by atoms with Crippen LogP contribution >= 0.6 is 0 Å². The van der Waals surface area contributed by atoms with E-state index in [9.17, 15) is 4.79 Å². The van der Waals surface area contributed by atoms with Crippen molar-refractivity contribution in [3.05, 3.63) is 71.0 Å². The number of benzene rings is 2. The van der Waals surface area contributed by atoms with Crippen LogP contribution in [0.2, 0.25) is 0 Å². The van der Waals surface area contributed by atoms with Crippen molar-refractivity contribution >= 4 is 5.78 Å². The first-order valence-electron chi connectivity index (χ1n) is 12.2. The number of nitrogens with one attached hydrogen (secondary N) is 1. The lowest BCUT2D eigenvalue weighted by Crippen LogP contribution is -2.21. The molecule has 1 aromatic heterocycles. The van der Waals surface area contributed by atoms with E-state index >= 15 is 0 Å². The lowest BCUT2D eigenvalue weighted by atomic mass is 9.95. The molecule has 0 bridgehead atoms. The number of hydrogen-bond acceptors (Lipinski definition) is 3. The van der Waals surface area contributed by atoms with E-state index in [0.29, 0.717) is 12.0 Å². The minimum atomic E-state index is 0.128. The summed E-state index contributed by atoms with van der Waals surface area (Å²) in [6.07, 6.45) is 16.2. The minimum Gasteiger partial charge on any atom is -0.490 e. The number of ketones is 1. The molecule has 166 valence electrons. The van der Waals surface area contributed by atoms with E-state index in [1.807, 2.05) is 24.4 Å². The van der Waals surface area contributed by atoms with E-state index in [2.05, 4.69) is 28.4 Å². The zero-order valence-corrected chi connectivity index (χ0v) is 18.7. The fourth-order valence-corrected chi connectivity index (χ4v) is 5.16. The normalized spacial score (nSPS) is 16.9. The number of hydrogen-bond donors (Lipinski definition) is 1. The summed E-state index contributed by atoms with van der Waals surface area (Å²) in [5.74, 6) is 0.846. The maximum Gasteiger partial charge on any atom is 0.170 e. The second kappa shape index (κ2) is 9.72. The molecule has 32 heavy (non-hydrogen) atoms. The van der Waals surface area contributed by atoms with Gasteiger partial charge in [-0.2, -0.15) is 5.10 Å². The molecular weight excluding hydrogens is 396 g/mol. The van der Waals surface area contributed by atoms with Crippen LogP contribution in [0.15, 0.2) is 48.8 Å². The van der Waals surface area contributed by atoms with Gasteiger partial charge in [0.1, 0.15) is 5.75 Å². The minimum absolute atomic E-state index is 0.128. The number of fused-ring (bicyclic) bond motifs is 1. The fraction of sp³-hybridized carbons (Fsp3) is 0.429. The summed E-state index contributed by atoms with van der Waals surface area (Å²) in [5, 5.41) is 6.94. The Morgan fingerprint density at radius 3 is 2.53 bits per heavy atom. The number of rotatable bonds is 6. The Hall–Kier alpha value is -2.88. The van der Waals surface area contributed by atoms with Crippen LogP contribution in [0.1, 0.15) is 78.4 Å². The van der Waals surface area contributed by atoms with Gasteiger partial charge in [0.05, 0.1) is 17.9 Å². The molecule has 1 saturated carbocycles. The predicted molar refractivity (Wildman–Crippen MR) is 127 cm³/mol. The van der Waals surface area contributed by atoms with Gasteiger partial charge >= 0.3 is 0 Å². The first-order chi connectivity index (χ1) is 15.8. The maximum atomic E-state index is 13.4. The van der Waals surface area contributed by atoms with Crippen molar-refractivity contribution in [3.63, 3.8) is 0 Å². The van der Waals surface area contributed by atoms with Crippen molar-refractivity contribution < 1.29 is 9.53 Å². The Morgan fingerprint density at radius 1 is 0.906 bits per heavy atom. The smallest absolute Gasteiger partial charge is 0.170 e. The summed E-state index contributed by atoms with van der Waals surface area (Å²) < 4.78 is 6.44. The molecule has 0 saturated heterocycles. The largest absolute Gasteiger partial charge is 0.490 e. The third-order valence-corrected chi connectivity index (χ3v) is 6.99. The van der Waals surface area contributed by atoms with Crippen LogP contribution in [0.25, 0.3) is 11.1 Å². The number of nitrogens with zero attached hydrogens (tertiary/aromatic N) is 1. The quantitative estimate of drug-likeness (QED) is 0.361. The van der Waals surface area contributed by atoms with Gasteiger partial charge in [-0.25, -0.2) is 0 Å². The Balaban J connectivity index is 1.41. The Labute approximate surface area is 190 Å². The number of Topliss-reactive ketones (excluding diaryl/α,β-unsaturated/α-hetero) is 1. The van der Waals surface area contributed by atoms with Crippen LogP contribution in [0.4, 0.5) is 0 Å². The molecule has 1 N–H and O–H groups in total. The number of ether oxygens (including phenoxy) is 1. The van der Waals surface area contributed by atoms with Gasteiger partial charge in [0.15, 0.2) is 5.78 Å². The lowest BCUT2D eigenvalue weighted by Gasteiger charge is -2.24. The third-order valence-electron chi connectivity index (χ3n) is 6.99. The van der Waals surface area contributed by atoms with Crippen molar-refractivity contribution in [3.8, 4) is 16.9 Å². The molecule has 1 fully saturated rings. The molecule has 5 rings (SSSR count). The summed E-state index contributed by atoms with van der Waals surface area (Å²) in [5.41, 5.74) is 6.72. The molecular formula is C28H32N2O2. The SMILES string of the molecule is O=C(Cc1ccc2c(c1)CCCCC2)c1ccc(-c2cn[nH]c2)cc1OC1CCCCC1. The lowest BCUT2D eigenvalue weighted by molar-refractivity contribution is 0.0981. The Kier molecular flexibility index (Phi) is 6.38. The van der Waals surface area contributed by atoms with Crippen molar-refractivity contribution in [1.82, 2.24) is 10.2 Å². The summed E-state index contributed by atoms with van der Waals surface area (Å²) in [7, 11) is 0. The van der Waals surface area contributed by atoms with E-state index in [0.717, 1.165) is 41.7 Å². The number of H-pyrrole nitrogens is 1. The average Bonchev–Trinajstić information content (AvgIpc) is 3.26. The molecule has 0 unspecified atom stereocenters. The fourth-order valence-electron chi connectivity index (χ4n) is 5.16. The second-order valence-corrected chi connectivity index (χ2v) is 9.34. The van der Waals surface area contributed by atoms with E-state index in [1.54, 1.807) is 6.20 Å². The molecule has 3 aromatic rings. The molecule has 2 aliphatic carbocycles. The monoisotopic (exact) mass is 428 g/mol. The van der Waals surface area contributed by atoms with Crippen molar-refractivity contribution in [1.29, 1.82) is 0 Å². The van der Waals surface area contributed by atoms with Crippen molar-refractivity contribution in [2.75, 3.05) is 0 Å². The van der Waals surface area contributed by atoms with Crippen molar-refractivity contribution in [2.24, 2.45) is 0 Å². The average molecular weight is 429 g/mol. The molecule has 0 spiro atoms. The predicted octanol–water partition coefficient (Wildman–Crippen LogP) is 6.48. The van der Waals surface area contributed by atoms with Gasteiger partial charge in [-0.05, 0) is 85.8 Å². The summed E-state index contributed by atoms with van der Waals surface area (Å²) in [6, 6.07) is 12.6. The highest BCUT2D eigenvalue weighted by atomic mass is 16.5. The zero-order valence-electron chi connectivity index (χ0n) is 18.7. The zero-order chi connectivity index (χ0) is 21.8. The van der Waals surface area contributed by atoms with Gasteiger partial charge in [-0.1, -0.05) is 37.1 Å². The highest BCUT2D eigenvalue weighted by Crippen LogP contribution is 2.32. The molecule has 2 aliphatic rings. The molecule has 4 heteroatoms.